The first kappa shape index (κ1) is 15.0. The van der Waals surface area contributed by atoms with Crippen molar-refractivity contribution in [2.75, 3.05) is 25.5 Å². The van der Waals surface area contributed by atoms with Crippen LogP contribution in [0.25, 0.3) is 0 Å². The molecule has 0 aliphatic carbocycles. The van der Waals surface area contributed by atoms with Crippen LogP contribution in [0.5, 0.6) is 5.75 Å². The van der Waals surface area contributed by atoms with Crippen molar-refractivity contribution in [1.29, 1.82) is 0 Å². The maximum Gasteiger partial charge on any atom is 0.321 e. The average molecular weight is 300 g/mol. The Hall–Kier alpha value is -2.38. The number of benzene rings is 1. The van der Waals surface area contributed by atoms with Gasteiger partial charge >= 0.3 is 12.0 Å². The number of carboxylic acid groups (broad SMARTS) is 1. The van der Waals surface area contributed by atoms with Crippen LogP contribution < -0.4 is 10.1 Å². The van der Waals surface area contributed by atoms with Crippen molar-refractivity contribution >= 4 is 17.7 Å². The Morgan fingerprint density at radius 2 is 2.10 bits per heavy atom. The number of nitrogens with zero attached hydrogens (tertiary/aromatic N) is 1. The number of hydrogen-bond acceptors (Lipinski definition) is 3. The van der Waals surface area contributed by atoms with Crippen LogP contribution in [0.15, 0.2) is 12.1 Å². The highest BCUT2D eigenvalue weighted by molar-refractivity contribution is 5.90. The van der Waals surface area contributed by atoms with Gasteiger partial charge in [-0.3, -0.25) is 4.79 Å². The standard InChI is InChI=1S/C13H14F2N2O4/c1-21-11-5-8(14)10(4-9(11)15)16-13(20)17-3-2-7(6-17)12(18)19/h4-5,7H,2-3,6H2,1H3,(H,16,20)(H,18,19). The summed E-state index contributed by atoms with van der Waals surface area (Å²) in [5, 5.41) is 11.1. The smallest absolute Gasteiger partial charge is 0.321 e. The van der Waals surface area contributed by atoms with Crippen molar-refractivity contribution < 1.29 is 28.2 Å². The Kier molecular flexibility index (Phi) is 4.25. The van der Waals surface area contributed by atoms with Crippen LogP contribution in [0.4, 0.5) is 19.3 Å². The normalized spacial score (nSPS) is 17.7. The number of ether oxygens (including phenoxy) is 1. The summed E-state index contributed by atoms with van der Waals surface area (Å²) >= 11 is 0. The van der Waals surface area contributed by atoms with Gasteiger partial charge in [-0.2, -0.15) is 0 Å². The Bertz CT molecular complexity index is 580. The zero-order chi connectivity index (χ0) is 15.6. The van der Waals surface area contributed by atoms with E-state index >= 15 is 0 Å². The van der Waals surface area contributed by atoms with E-state index < -0.39 is 29.6 Å². The quantitative estimate of drug-likeness (QED) is 0.893. The van der Waals surface area contributed by atoms with Crippen molar-refractivity contribution in [3.05, 3.63) is 23.8 Å². The van der Waals surface area contributed by atoms with Gasteiger partial charge in [-0.15, -0.1) is 0 Å². The number of carbonyl (C=O) groups excluding carboxylic acids is 1. The molecule has 1 fully saturated rings. The highest BCUT2D eigenvalue weighted by atomic mass is 19.1. The molecular weight excluding hydrogens is 286 g/mol. The first-order valence-electron chi connectivity index (χ1n) is 6.24. The van der Waals surface area contributed by atoms with Crippen LogP contribution in [-0.4, -0.2) is 42.2 Å². The number of amides is 2. The van der Waals surface area contributed by atoms with Gasteiger partial charge in [-0.05, 0) is 6.42 Å². The number of aliphatic carboxylic acids is 1. The van der Waals surface area contributed by atoms with Gasteiger partial charge in [0, 0.05) is 25.2 Å². The molecule has 1 aliphatic heterocycles. The zero-order valence-electron chi connectivity index (χ0n) is 11.2. The molecule has 1 aliphatic rings. The van der Waals surface area contributed by atoms with Gasteiger partial charge in [0.1, 0.15) is 0 Å². The molecule has 1 aromatic rings. The number of halogens is 2. The molecule has 2 rings (SSSR count). The summed E-state index contributed by atoms with van der Waals surface area (Å²) < 4.78 is 31.8. The second kappa shape index (κ2) is 5.94. The van der Waals surface area contributed by atoms with Gasteiger partial charge in [0.15, 0.2) is 17.4 Å². The molecule has 6 nitrogen and oxygen atoms in total. The molecule has 8 heteroatoms. The van der Waals surface area contributed by atoms with Crippen LogP contribution in [0.2, 0.25) is 0 Å². The number of carbonyl (C=O) groups is 2. The van der Waals surface area contributed by atoms with Gasteiger partial charge in [0.25, 0.3) is 0 Å². The summed E-state index contributed by atoms with van der Waals surface area (Å²) in [5.41, 5.74) is -0.322. The molecule has 1 atom stereocenters. The highest BCUT2D eigenvalue weighted by Gasteiger charge is 2.31. The molecule has 0 spiro atoms. The molecule has 0 aromatic heterocycles. The minimum Gasteiger partial charge on any atom is -0.494 e. The van der Waals surface area contributed by atoms with Gasteiger partial charge < -0.3 is 20.1 Å². The van der Waals surface area contributed by atoms with Gasteiger partial charge in [-0.1, -0.05) is 0 Å². The summed E-state index contributed by atoms with van der Waals surface area (Å²) in [5.74, 6) is -3.52. The first-order valence-corrected chi connectivity index (χ1v) is 6.24. The van der Waals surface area contributed by atoms with E-state index in [-0.39, 0.29) is 24.5 Å². The molecule has 0 bridgehead atoms. The van der Waals surface area contributed by atoms with Crippen molar-refractivity contribution in [2.45, 2.75) is 6.42 Å². The van der Waals surface area contributed by atoms with E-state index in [1.807, 2.05) is 0 Å². The lowest BCUT2D eigenvalue weighted by Crippen LogP contribution is -2.34. The highest BCUT2D eigenvalue weighted by Crippen LogP contribution is 2.25. The molecule has 0 saturated carbocycles. The summed E-state index contributed by atoms with van der Waals surface area (Å²) in [6.07, 6.45) is 0.336. The third-order valence-electron chi connectivity index (χ3n) is 3.31. The molecule has 2 N–H and O–H groups in total. The molecule has 1 saturated heterocycles. The fraction of sp³-hybridized carbons (Fsp3) is 0.385. The number of methoxy groups -OCH3 is 1. The van der Waals surface area contributed by atoms with Crippen molar-refractivity contribution in [3.63, 3.8) is 0 Å². The Morgan fingerprint density at radius 3 is 2.67 bits per heavy atom. The third kappa shape index (κ3) is 3.21. The Morgan fingerprint density at radius 1 is 1.38 bits per heavy atom. The second-order valence-electron chi connectivity index (χ2n) is 4.67. The molecular formula is C13H14F2N2O4. The lowest BCUT2D eigenvalue weighted by Gasteiger charge is -2.17. The Balaban J connectivity index is 2.07. The van der Waals surface area contributed by atoms with Gasteiger partial charge in [0.2, 0.25) is 0 Å². The molecule has 114 valence electrons. The van der Waals surface area contributed by atoms with Crippen LogP contribution >= 0.6 is 0 Å². The van der Waals surface area contributed by atoms with E-state index in [2.05, 4.69) is 10.1 Å². The van der Waals surface area contributed by atoms with Gasteiger partial charge in [-0.25, -0.2) is 13.6 Å². The number of urea groups is 1. The average Bonchev–Trinajstić information content (AvgIpc) is 2.92. The van der Waals surface area contributed by atoms with Gasteiger partial charge in [0.05, 0.1) is 18.7 Å². The largest absolute Gasteiger partial charge is 0.494 e. The number of hydrogen-bond donors (Lipinski definition) is 2. The fourth-order valence-electron chi connectivity index (χ4n) is 2.12. The number of nitrogens with one attached hydrogen (secondary N) is 1. The SMILES string of the molecule is COc1cc(F)c(NC(=O)N2CCC(C(=O)O)C2)cc1F. The molecule has 1 heterocycles. The zero-order valence-corrected chi connectivity index (χ0v) is 11.2. The van der Waals surface area contributed by atoms with Crippen LogP contribution in [0.1, 0.15) is 6.42 Å². The van der Waals surface area contributed by atoms with E-state index in [0.29, 0.717) is 6.42 Å². The van der Waals surface area contributed by atoms with Crippen LogP contribution in [-0.2, 0) is 4.79 Å². The van der Waals surface area contributed by atoms with Crippen LogP contribution in [0.3, 0.4) is 0 Å². The predicted octanol–water partition coefficient (Wildman–Crippen LogP) is 1.91. The monoisotopic (exact) mass is 300 g/mol. The van der Waals surface area contributed by atoms with Crippen molar-refractivity contribution in [2.24, 2.45) is 5.92 Å². The molecule has 1 aromatic carbocycles. The maximum atomic E-state index is 13.7. The topological polar surface area (TPSA) is 78.9 Å². The first-order chi connectivity index (χ1) is 9.92. The number of anilines is 1. The summed E-state index contributed by atoms with van der Waals surface area (Å²) in [6, 6.07) is 0.980. The van der Waals surface area contributed by atoms with E-state index in [9.17, 15) is 18.4 Å². The number of rotatable bonds is 3. The van der Waals surface area contributed by atoms with E-state index in [1.54, 1.807) is 0 Å². The van der Waals surface area contributed by atoms with E-state index in [0.717, 1.165) is 12.1 Å². The predicted molar refractivity (Wildman–Crippen MR) is 69.2 cm³/mol. The lowest BCUT2D eigenvalue weighted by molar-refractivity contribution is -0.141. The molecule has 21 heavy (non-hydrogen) atoms. The summed E-state index contributed by atoms with van der Waals surface area (Å²) in [4.78, 5) is 24.0. The maximum absolute atomic E-state index is 13.7. The number of carboxylic acids is 1. The second-order valence-corrected chi connectivity index (χ2v) is 4.67. The number of likely N-dealkylation sites (tertiary alicyclic amines) is 1. The lowest BCUT2D eigenvalue weighted by atomic mass is 10.1. The van der Waals surface area contributed by atoms with Crippen molar-refractivity contribution in [3.8, 4) is 5.75 Å². The minimum atomic E-state index is -0.980. The molecule has 0 radical (unpaired) electrons. The molecule has 1 unspecified atom stereocenters. The van der Waals surface area contributed by atoms with E-state index in [1.165, 1.54) is 12.0 Å². The van der Waals surface area contributed by atoms with Crippen LogP contribution in [0, 0.1) is 17.6 Å². The minimum absolute atomic E-state index is 0.0431. The Labute approximate surface area is 119 Å². The van der Waals surface area contributed by atoms with Crippen molar-refractivity contribution in [1.82, 2.24) is 4.90 Å². The summed E-state index contributed by atoms with van der Waals surface area (Å²) in [6.45, 7) is 0.296. The molecule has 2 amide bonds. The van der Waals surface area contributed by atoms with E-state index in [4.69, 9.17) is 5.11 Å². The third-order valence-corrected chi connectivity index (χ3v) is 3.31. The fourth-order valence-corrected chi connectivity index (χ4v) is 2.12. The summed E-state index contributed by atoms with van der Waals surface area (Å²) in [7, 11) is 1.20.